The highest BCUT2D eigenvalue weighted by molar-refractivity contribution is 6.11. The van der Waals surface area contributed by atoms with Crippen molar-refractivity contribution in [1.82, 2.24) is 4.90 Å². The standard InChI is InChI=1S/C20H16FN3O3/c1-3-18(25)23-17-10-13(8-9-16(17)21)22-19(26)11-24-12(2)14-6-4-5-7-15(14)20(24)27/h3-10H,1-2,11H2,(H,22,26)(H,23,25). The first-order valence-corrected chi connectivity index (χ1v) is 8.03. The second-order valence-electron chi connectivity index (χ2n) is 5.82. The van der Waals surface area contributed by atoms with E-state index >= 15 is 0 Å². The molecule has 3 rings (SSSR count). The van der Waals surface area contributed by atoms with Gasteiger partial charge in [-0.25, -0.2) is 4.39 Å². The maximum Gasteiger partial charge on any atom is 0.259 e. The molecular weight excluding hydrogens is 349 g/mol. The summed E-state index contributed by atoms with van der Waals surface area (Å²) in [7, 11) is 0. The summed E-state index contributed by atoms with van der Waals surface area (Å²) in [5, 5.41) is 4.89. The molecule has 6 nitrogen and oxygen atoms in total. The second-order valence-corrected chi connectivity index (χ2v) is 5.82. The highest BCUT2D eigenvalue weighted by Crippen LogP contribution is 2.30. The smallest absolute Gasteiger partial charge is 0.259 e. The van der Waals surface area contributed by atoms with Gasteiger partial charge in [0.05, 0.1) is 5.69 Å². The van der Waals surface area contributed by atoms with E-state index in [1.54, 1.807) is 24.3 Å². The number of nitrogens with zero attached hydrogens (tertiary/aromatic N) is 1. The number of carbonyl (C=O) groups is 3. The summed E-state index contributed by atoms with van der Waals surface area (Å²) in [5.74, 6) is -2.01. The van der Waals surface area contributed by atoms with Gasteiger partial charge in [0.15, 0.2) is 0 Å². The minimum Gasteiger partial charge on any atom is -0.324 e. The number of hydrogen-bond donors (Lipinski definition) is 2. The first-order chi connectivity index (χ1) is 12.9. The van der Waals surface area contributed by atoms with Crippen molar-refractivity contribution in [2.45, 2.75) is 0 Å². The van der Waals surface area contributed by atoms with Crippen LogP contribution in [-0.4, -0.2) is 29.2 Å². The van der Waals surface area contributed by atoms with E-state index in [2.05, 4.69) is 23.8 Å². The normalized spacial score (nSPS) is 12.6. The van der Waals surface area contributed by atoms with Crippen LogP contribution >= 0.6 is 0 Å². The SMILES string of the molecule is C=CC(=O)Nc1cc(NC(=O)CN2C(=C)c3ccccc3C2=O)ccc1F. The Morgan fingerprint density at radius 1 is 1.11 bits per heavy atom. The molecule has 0 atom stereocenters. The fraction of sp³-hybridized carbons (Fsp3) is 0.0500. The summed E-state index contributed by atoms with van der Waals surface area (Å²) in [6.45, 7) is 6.93. The fourth-order valence-corrected chi connectivity index (χ4v) is 2.73. The largest absolute Gasteiger partial charge is 0.324 e. The van der Waals surface area contributed by atoms with Gasteiger partial charge in [-0.3, -0.25) is 19.3 Å². The summed E-state index contributed by atoms with van der Waals surface area (Å²) >= 11 is 0. The Morgan fingerprint density at radius 2 is 1.81 bits per heavy atom. The summed E-state index contributed by atoms with van der Waals surface area (Å²) in [5.41, 5.74) is 1.81. The minimum absolute atomic E-state index is 0.0910. The Morgan fingerprint density at radius 3 is 2.48 bits per heavy atom. The minimum atomic E-state index is -0.651. The highest BCUT2D eigenvalue weighted by Gasteiger charge is 2.31. The van der Waals surface area contributed by atoms with Gasteiger partial charge in [-0.05, 0) is 30.3 Å². The summed E-state index contributed by atoms with van der Waals surface area (Å²) < 4.78 is 13.8. The molecule has 0 spiro atoms. The van der Waals surface area contributed by atoms with Gasteiger partial charge < -0.3 is 10.6 Å². The molecule has 0 saturated heterocycles. The van der Waals surface area contributed by atoms with Gasteiger partial charge in [-0.2, -0.15) is 0 Å². The number of benzene rings is 2. The molecule has 27 heavy (non-hydrogen) atoms. The van der Waals surface area contributed by atoms with E-state index in [-0.39, 0.29) is 23.8 Å². The molecule has 1 aliphatic rings. The van der Waals surface area contributed by atoms with Gasteiger partial charge in [-0.1, -0.05) is 31.4 Å². The molecule has 0 aromatic heterocycles. The Balaban J connectivity index is 1.71. The lowest BCUT2D eigenvalue weighted by molar-refractivity contribution is -0.116. The molecule has 0 aliphatic carbocycles. The lowest BCUT2D eigenvalue weighted by Crippen LogP contribution is -2.32. The van der Waals surface area contributed by atoms with E-state index in [9.17, 15) is 18.8 Å². The molecule has 0 fully saturated rings. The van der Waals surface area contributed by atoms with Crippen LogP contribution in [0, 0.1) is 5.82 Å². The van der Waals surface area contributed by atoms with Crippen LogP contribution in [-0.2, 0) is 9.59 Å². The number of halogens is 1. The number of anilines is 2. The first kappa shape index (κ1) is 18.1. The zero-order valence-electron chi connectivity index (χ0n) is 14.3. The lowest BCUT2D eigenvalue weighted by Gasteiger charge is -2.17. The predicted octanol–water partition coefficient (Wildman–Crippen LogP) is 3.02. The molecule has 1 aliphatic heterocycles. The summed E-state index contributed by atoms with van der Waals surface area (Å²) in [6, 6.07) is 10.7. The molecule has 0 saturated carbocycles. The quantitative estimate of drug-likeness (QED) is 0.800. The zero-order valence-corrected chi connectivity index (χ0v) is 14.3. The van der Waals surface area contributed by atoms with Crippen molar-refractivity contribution < 1.29 is 18.8 Å². The van der Waals surface area contributed by atoms with E-state index in [0.717, 1.165) is 12.1 Å². The van der Waals surface area contributed by atoms with Gasteiger partial charge in [0.2, 0.25) is 11.8 Å². The van der Waals surface area contributed by atoms with Crippen LogP contribution in [0.4, 0.5) is 15.8 Å². The average Bonchev–Trinajstić information content (AvgIpc) is 2.89. The molecule has 3 amide bonds. The number of nitrogens with one attached hydrogen (secondary N) is 2. The summed E-state index contributed by atoms with van der Waals surface area (Å²) in [6.07, 6.45) is 1.01. The summed E-state index contributed by atoms with van der Waals surface area (Å²) in [4.78, 5) is 37.4. The molecular formula is C20H16FN3O3. The topological polar surface area (TPSA) is 78.5 Å². The number of rotatable bonds is 5. The lowest BCUT2D eigenvalue weighted by atomic mass is 10.1. The van der Waals surface area contributed by atoms with Gasteiger partial charge in [0, 0.05) is 22.5 Å². The van der Waals surface area contributed by atoms with Crippen molar-refractivity contribution in [3.63, 3.8) is 0 Å². The number of hydrogen-bond acceptors (Lipinski definition) is 3. The van der Waals surface area contributed by atoms with Crippen LogP contribution in [0.1, 0.15) is 15.9 Å². The number of amides is 3. The Kier molecular flexibility index (Phi) is 4.85. The Hall–Kier alpha value is -3.74. The highest BCUT2D eigenvalue weighted by atomic mass is 19.1. The number of carbonyl (C=O) groups excluding carboxylic acids is 3. The third-order valence-electron chi connectivity index (χ3n) is 4.03. The van der Waals surface area contributed by atoms with E-state index < -0.39 is 17.6 Å². The third kappa shape index (κ3) is 3.62. The fourth-order valence-electron chi connectivity index (χ4n) is 2.73. The van der Waals surface area contributed by atoms with Gasteiger partial charge in [0.25, 0.3) is 5.91 Å². The second kappa shape index (κ2) is 7.25. The van der Waals surface area contributed by atoms with Crippen LogP contribution < -0.4 is 10.6 Å². The van der Waals surface area contributed by atoms with Crippen LogP contribution in [0.3, 0.4) is 0 Å². The molecule has 0 radical (unpaired) electrons. The monoisotopic (exact) mass is 365 g/mol. The molecule has 2 N–H and O–H groups in total. The van der Waals surface area contributed by atoms with Crippen molar-refractivity contribution in [3.8, 4) is 0 Å². The van der Waals surface area contributed by atoms with Crippen LogP contribution in [0.2, 0.25) is 0 Å². The first-order valence-electron chi connectivity index (χ1n) is 8.03. The zero-order chi connectivity index (χ0) is 19.6. The van der Waals surface area contributed by atoms with E-state index in [1.807, 2.05) is 0 Å². The number of fused-ring (bicyclic) bond motifs is 1. The van der Waals surface area contributed by atoms with Crippen molar-refractivity contribution >= 4 is 34.8 Å². The van der Waals surface area contributed by atoms with E-state index in [0.29, 0.717) is 16.8 Å². The van der Waals surface area contributed by atoms with Crippen molar-refractivity contribution in [1.29, 1.82) is 0 Å². The van der Waals surface area contributed by atoms with E-state index in [4.69, 9.17) is 0 Å². The molecule has 0 bridgehead atoms. The van der Waals surface area contributed by atoms with Crippen molar-refractivity contribution in [2.24, 2.45) is 0 Å². The molecule has 136 valence electrons. The van der Waals surface area contributed by atoms with E-state index in [1.165, 1.54) is 17.0 Å². The molecule has 7 heteroatoms. The Labute approximate surface area is 155 Å². The maximum atomic E-state index is 13.8. The van der Waals surface area contributed by atoms with Crippen LogP contribution in [0.5, 0.6) is 0 Å². The molecule has 2 aromatic carbocycles. The average molecular weight is 365 g/mol. The molecule has 0 unspecified atom stereocenters. The van der Waals surface area contributed by atoms with Gasteiger partial charge in [-0.15, -0.1) is 0 Å². The Bertz CT molecular complexity index is 949. The van der Waals surface area contributed by atoms with Crippen LogP contribution in [0.25, 0.3) is 5.70 Å². The van der Waals surface area contributed by atoms with Crippen molar-refractivity contribution in [3.05, 3.63) is 78.6 Å². The van der Waals surface area contributed by atoms with Gasteiger partial charge in [0.1, 0.15) is 12.4 Å². The van der Waals surface area contributed by atoms with Crippen LogP contribution in [0.15, 0.2) is 61.7 Å². The molecule has 1 heterocycles. The predicted molar refractivity (Wildman–Crippen MR) is 100 cm³/mol. The van der Waals surface area contributed by atoms with Gasteiger partial charge >= 0.3 is 0 Å². The maximum absolute atomic E-state index is 13.8. The third-order valence-corrected chi connectivity index (χ3v) is 4.03. The van der Waals surface area contributed by atoms with Crippen molar-refractivity contribution in [2.75, 3.05) is 17.2 Å². The molecule has 2 aromatic rings.